The quantitative estimate of drug-likeness (QED) is 0.0228. The molecule has 22 heteroatoms. The second kappa shape index (κ2) is 29.9. The Morgan fingerprint density at radius 3 is 2.20 bits per heavy atom. The molecule has 7 amide bonds. The number of nitrogens with zero attached hydrogens (tertiary/aromatic N) is 5. The number of aliphatic hydroxyl groups is 1. The van der Waals surface area contributed by atoms with Gasteiger partial charge in [0.15, 0.2) is 23.5 Å². The zero-order valence-electron chi connectivity index (χ0n) is 55.4. The number of rotatable bonds is 26. The highest BCUT2D eigenvalue weighted by Crippen LogP contribution is 2.57. The number of methoxy groups -OCH3 is 1. The van der Waals surface area contributed by atoms with Crippen molar-refractivity contribution in [1.82, 2.24) is 20.4 Å². The molecule has 0 bridgehead atoms. The van der Waals surface area contributed by atoms with Gasteiger partial charge in [-0.05, 0) is 129 Å². The Kier molecular flexibility index (Phi) is 21.0. The summed E-state index contributed by atoms with van der Waals surface area (Å²) in [5.74, 6) is 3.59. The Labute approximate surface area is 564 Å². The van der Waals surface area contributed by atoms with E-state index in [0.717, 1.165) is 40.9 Å². The lowest BCUT2D eigenvalue weighted by atomic mass is 9.89. The van der Waals surface area contributed by atoms with E-state index in [9.17, 15) is 48.3 Å². The molecule has 97 heavy (non-hydrogen) atoms. The van der Waals surface area contributed by atoms with Gasteiger partial charge in [-0.25, -0.2) is 9.69 Å². The molecule has 1 spiro atoms. The minimum atomic E-state index is -1.43. The summed E-state index contributed by atoms with van der Waals surface area (Å²) < 4.78 is 24.0. The average Bonchev–Trinajstić information content (AvgIpc) is 1.57. The lowest BCUT2D eigenvalue weighted by molar-refractivity contribution is -0.133. The monoisotopic (exact) mass is 1320 g/mol. The van der Waals surface area contributed by atoms with Crippen LogP contribution in [0.4, 0.5) is 27.5 Å². The highest BCUT2D eigenvalue weighted by Gasteiger charge is 2.58. The summed E-state index contributed by atoms with van der Waals surface area (Å²) in [5, 5.41) is 20.1. The molecular formula is C75H82N8O14. The number of hydrogen-bond acceptors (Lipinski definition) is 15. The van der Waals surface area contributed by atoms with Gasteiger partial charge in [0.05, 0.1) is 73.7 Å². The first-order valence-electron chi connectivity index (χ1n) is 33.2. The van der Waals surface area contributed by atoms with Crippen molar-refractivity contribution >= 4 is 82.1 Å². The number of para-hydroxylation sites is 1. The molecule has 4 N–H and O–H groups in total. The fourth-order valence-electron chi connectivity index (χ4n) is 13.1. The molecule has 11 rings (SSSR count). The van der Waals surface area contributed by atoms with Gasteiger partial charge in [-0.2, -0.15) is 0 Å². The highest BCUT2D eigenvalue weighted by molar-refractivity contribution is 6.07. The number of anilines is 3. The van der Waals surface area contributed by atoms with Crippen molar-refractivity contribution in [3.8, 4) is 29.1 Å². The number of ether oxygens (including phenoxy) is 4. The molecule has 5 aliphatic heterocycles. The van der Waals surface area contributed by atoms with Gasteiger partial charge in [-0.15, -0.1) is 0 Å². The Balaban J connectivity index is 0.623. The van der Waals surface area contributed by atoms with Gasteiger partial charge >= 0.3 is 6.09 Å². The standard InChI is InChI=1S/C75H82N8O14/c1-45(2)57(34-56(85)40-77-67(86)26-24-55(84)25-27-68(87)81-42-52-16-9-8-14-50(52)20-21-51-15-10-11-17-61(51)81)70(89)78-48(5)69(88)79-53-22-18-49(19-23-53)43-97-74(93)83-62-37-64(47(4)33-59(62)72(91)82-44-75(28-29-75)38-63(82)73(83)92)95-30-12-7-13-31-96-66-36-60-58(35-65(66)94-6)71(90)80-41-46(3)32-54(80)39-76-60/h8-11,14-19,22-23,33,35-37,39,45,48,54,57,63,73,92H,3,7,12-13,24-32,34,38,40-44H2,1-2,4-6H3,(H,77,86)(H,78,89)(H,79,88)/t48-,54-,57-,63-,73?/m0/s1. The van der Waals surface area contributed by atoms with Crippen LogP contribution in [0.25, 0.3) is 0 Å². The SMILES string of the molecule is C=C1C[C@H]2C=Nc3cc(OCCCCCOc4cc5c(cc4C)C(=O)N4CC6(CC6)C[C@H]4C(O)N5C(=O)OCc4ccc(NC(=O)[C@H](C)NC(=O)[C@@H](CC(=O)CNC(=O)CCC(=O)CCC(=O)N5Cc6ccccc6C#Cc6ccccc65)C(C)C)cc4)c(OC)cc3C(=O)N2C1. The minimum Gasteiger partial charge on any atom is -0.493 e. The van der Waals surface area contributed by atoms with Crippen molar-refractivity contribution in [2.45, 2.75) is 142 Å². The normalized spacial score (nSPS) is 18.2. The first-order valence-corrected chi connectivity index (χ1v) is 33.2. The maximum absolute atomic E-state index is 14.4. The molecule has 1 aliphatic carbocycles. The third-order valence-electron chi connectivity index (χ3n) is 18.9. The summed E-state index contributed by atoms with van der Waals surface area (Å²) in [7, 11) is 1.53. The van der Waals surface area contributed by atoms with Crippen molar-refractivity contribution in [2.24, 2.45) is 22.2 Å². The van der Waals surface area contributed by atoms with Crippen molar-refractivity contribution in [1.29, 1.82) is 0 Å². The molecule has 506 valence electrons. The van der Waals surface area contributed by atoms with Crippen molar-refractivity contribution in [3.05, 3.63) is 148 Å². The number of aliphatic hydroxyl groups excluding tert-OH is 1. The van der Waals surface area contributed by atoms with E-state index >= 15 is 0 Å². The first-order chi connectivity index (χ1) is 46.7. The predicted octanol–water partition coefficient (Wildman–Crippen LogP) is 9.46. The summed E-state index contributed by atoms with van der Waals surface area (Å²) in [6.07, 6.45) is 3.94. The number of carbonyl (C=O) groups excluding carboxylic acids is 9. The minimum absolute atomic E-state index is 0.0639. The third-order valence-corrected chi connectivity index (χ3v) is 18.9. The molecule has 22 nitrogen and oxygen atoms in total. The molecule has 5 aromatic rings. The number of aliphatic imine (C=N–C) groups is 1. The summed E-state index contributed by atoms with van der Waals surface area (Å²) in [6.45, 7) is 12.3. The van der Waals surface area contributed by atoms with E-state index in [1.807, 2.05) is 55.5 Å². The number of ketones is 2. The zero-order chi connectivity index (χ0) is 68.7. The molecular weight excluding hydrogens is 1240 g/mol. The third kappa shape index (κ3) is 15.9. The molecule has 6 aliphatic rings. The van der Waals surface area contributed by atoms with Crippen LogP contribution in [0.15, 0.2) is 114 Å². The fraction of sp³-hybridized carbons (Fsp3) is 0.413. The van der Waals surface area contributed by atoms with Crippen LogP contribution in [0.3, 0.4) is 0 Å². The zero-order valence-corrected chi connectivity index (χ0v) is 55.4. The summed E-state index contributed by atoms with van der Waals surface area (Å²) >= 11 is 0. The Bertz CT molecular complexity index is 4030. The van der Waals surface area contributed by atoms with E-state index in [2.05, 4.69) is 39.4 Å². The molecule has 1 unspecified atom stereocenters. The maximum Gasteiger partial charge on any atom is 0.416 e. The number of hydrogen-bond donors (Lipinski definition) is 4. The van der Waals surface area contributed by atoms with Gasteiger partial charge < -0.3 is 54.7 Å². The second-order valence-corrected chi connectivity index (χ2v) is 26.4. The number of carbonyl (C=O) groups is 9. The Morgan fingerprint density at radius 1 is 0.753 bits per heavy atom. The molecule has 5 heterocycles. The van der Waals surface area contributed by atoms with Crippen LogP contribution in [0.1, 0.15) is 146 Å². The van der Waals surface area contributed by atoms with Crippen LogP contribution in [0.5, 0.6) is 17.2 Å². The lowest BCUT2D eigenvalue weighted by Gasteiger charge is -2.31. The average molecular weight is 1320 g/mol. The predicted molar refractivity (Wildman–Crippen MR) is 363 cm³/mol. The number of fused-ring (bicyclic) bond motifs is 6. The van der Waals surface area contributed by atoms with Crippen molar-refractivity contribution in [2.75, 3.05) is 55.1 Å². The lowest BCUT2D eigenvalue weighted by Crippen LogP contribution is -2.50. The van der Waals surface area contributed by atoms with Crippen molar-refractivity contribution in [3.63, 3.8) is 0 Å². The van der Waals surface area contributed by atoms with Crippen LogP contribution in [-0.2, 0) is 46.7 Å². The number of aryl methyl sites for hydroxylation is 1. The smallest absolute Gasteiger partial charge is 0.416 e. The van der Waals surface area contributed by atoms with E-state index in [0.29, 0.717) is 115 Å². The Hall–Kier alpha value is -10.1. The number of amides is 7. The molecule has 1 saturated carbocycles. The van der Waals surface area contributed by atoms with Crippen LogP contribution in [-0.4, -0.2) is 139 Å². The van der Waals surface area contributed by atoms with Crippen molar-refractivity contribution < 1.29 is 67.2 Å². The summed E-state index contributed by atoms with van der Waals surface area (Å²) in [5.41, 5.74) is 6.93. The number of Topliss-reactive ketones (excluding diaryl/α,β-unsaturated/α-hetero) is 2. The summed E-state index contributed by atoms with van der Waals surface area (Å²) in [6, 6.07) is 26.4. The highest BCUT2D eigenvalue weighted by atomic mass is 16.6. The van der Waals surface area contributed by atoms with Crippen LogP contribution >= 0.6 is 0 Å². The molecule has 0 aromatic heterocycles. The summed E-state index contributed by atoms with van der Waals surface area (Å²) in [4.78, 5) is 133. The number of benzene rings is 5. The van der Waals surface area contributed by atoms with Gasteiger partial charge in [-0.3, -0.25) is 43.3 Å². The number of nitrogens with one attached hydrogen (secondary N) is 3. The van der Waals surface area contributed by atoms with E-state index < -0.39 is 53.8 Å². The number of unbranched alkanes of at least 4 members (excludes halogenated alkanes) is 2. The van der Waals surface area contributed by atoms with Gasteiger partial charge in [0.2, 0.25) is 23.6 Å². The molecule has 3 fully saturated rings. The van der Waals surface area contributed by atoms with Crippen LogP contribution in [0.2, 0.25) is 0 Å². The van der Waals surface area contributed by atoms with Crippen LogP contribution in [0, 0.1) is 36.0 Å². The van der Waals surface area contributed by atoms with Gasteiger partial charge in [0.1, 0.15) is 24.2 Å². The van der Waals surface area contributed by atoms with E-state index in [1.54, 1.807) is 83.3 Å². The van der Waals surface area contributed by atoms with Gasteiger partial charge in [0, 0.05) is 86.3 Å². The molecule has 5 atom stereocenters. The van der Waals surface area contributed by atoms with Gasteiger partial charge in [0.25, 0.3) is 11.8 Å². The Morgan fingerprint density at radius 2 is 1.45 bits per heavy atom. The van der Waals surface area contributed by atoms with E-state index in [4.69, 9.17) is 18.9 Å². The second-order valence-electron chi connectivity index (χ2n) is 26.4. The fourth-order valence-corrected chi connectivity index (χ4v) is 13.1. The molecule has 0 radical (unpaired) electrons. The van der Waals surface area contributed by atoms with Crippen LogP contribution < -0.4 is 40.0 Å². The van der Waals surface area contributed by atoms with Gasteiger partial charge in [-0.1, -0.05) is 80.3 Å². The molecule has 5 aromatic carbocycles. The molecule has 2 saturated heterocycles. The van der Waals surface area contributed by atoms with E-state index in [1.165, 1.54) is 14.0 Å². The van der Waals surface area contributed by atoms with E-state index in [-0.39, 0.29) is 97.4 Å². The maximum atomic E-state index is 14.4. The first kappa shape index (κ1) is 68.3. The largest absolute Gasteiger partial charge is 0.493 e. The topological polar surface area (TPSA) is 272 Å².